The Morgan fingerprint density at radius 1 is 1.64 bits per heavy atom. The number of rotatable bonds is 3. The fourth-order valence-corrected chi connectivity index (χ4v) is 2.09. The minimum atomic E-state index is 0.554. The van der Waals surface area contributed by atoms with Crippen LogP contribution >= 0.6 is 22.9 Å². The highest BCUT2D eigenvalue weighted by Gasteiger charge is 2.04. The fraction of sp³-hybridized carbons (Fsp3) is 0.444. The molecule has 1 aliphatic rings. The summed E-state index contributed by atoms with van der Waals surface area (Å²) in [4.78, 5) is 4.11. The lowest BCUT2D eigenvalue weighted by molar-refractivity contribution is 0.154. The number of hydrogen-bond donors (Lipinski definition) is 1. The Balaban J connectivity index is 1.84. The van der Waals surface area contributed by atoms with E-state index < -0.39 is 0 Å². The third-order valence-electron chi connectivity index (χ3n) is 2.00. The molecule has 1 aromatic rings. The lowest BCUT2D eigenvalue weighted by Gasteiger charge is -2.13. The average molecular weight is 231 g/mol. The van der Waals surface area contributed by atoms with Crippen molar-refractivity contribution in [2.45, 2.75) is 6.42 Å². The Kier molecular flexibility index (Phi) is 3.39. The summed E-state index contributed by atoms with van der Waals surface area (Å²) >= 11 is 7.23. The van der Waals surface area contributed by atoms with Gasteiger partial charge < -0.3 is 10.1 Å². The highest BCUT2D eigenvalue weighted by Crippen LogP contribution is 2.19. The quantitative estimate of drug-likeness (QED) is 0.811. The molecule has 1 aliphatic heterocycles. The molecule has 0 atom stereocenters. The van der Waals surface area contributed by atoms with Crippen LogP contribution in [0.25, 0.3) is 0 Å². The zero-order valence-electron chi connectivity index (χ0n) is 7.62. The Morgan fingerprint density at radius 3 is 3.21 bits per heavy atom. The van der Waals surface area contributed by atoms with Crippen LogP contribution in [0.5, 0.6) is 0 Å². The minimum absolute atomic E-state index is 0.554. The van der Waals surface area contributed by atoms with E-state index in [4.69, 9.17) is 16.3 Å². The van der Waals surface area contributed by atoms with Crippen LogP contribution in [0.1, 0.15) is 6.42 Å². The molecule has 0 aromatic carbocycles. The molecule has 0 spiro atoms. The zero-order valence-corrected chi connectivity index (χ0v) is 9.20. The molecule has 76 valence electrons. The first-order valence-corrected chi connectivity index (χ1v) is 5.71. The molecule has 0 aliphatic carbocycles. The van der Waals surface area contributed by atoms with Gasteiger partial charge in [-0.05, 0) is 6.42 Å². The summed E-state index contributed by atoms with van der Waals surface area (Å²) in [5.41, 5.74) is 1.38. The summed E-state index contributed by atoms with van der Waals surface area (Å²) in [6.07, 6.45) is 3.12. The second-order valence-corrected chi connectivity index (χ2v) is 4.26. The highest BCUT2D eigenvalue weighted by molar-refractivity contribution is 7.14. The Labute approximate surface area is 91.8 Å². The molecule has 0 bridgehead atoms. The maximum absolute atomic E-state index is 5.71. The van der Waals surface area contributed by atoms with E-state index in [-0.39, 0.29) is 0 Å². The second kappa shape index (κ2) is 4.77. The van der Waals surface area contributed by atoms with Crippen molar-refractivity contribution in [3.8, 4) is 0 Å². The van der Waals surface area contributed by atoms with Crippen molar-refractivity contribution < 1.29 is 4.74 Å². The van der Waals surface area contributed by atoms with Gasteiger partial charge >= 0.3 is 0 Å². The number of halogens is 1. The summed E-state index contributed by atoms with van der Waals surface area (Å²) in [6.45, 7) is 2.40. The van der Waals surface area contributed by atoms with E-state index in [0.29, 0.717) is 5.15 Å². The van der Waals surface area contributed by atoms with E-state index in [1.165, 1.54) is 16.9 Å². The van der Waals surface area contributed by atoms with Gasteiger partial charge in [-0.2, -0.15) is 0 Å². The predicted molar refractivity (Wildman–Crippen MR) is 59.1 cm³/mol. The molecular weight excluding hydrogens is 220 g/mol. The summed E-state index contributed by atoms with van der Waals surface area (Å²) in [6, 6.07) is 0. The molecule has 3 nitrogen and oxygen atoms in total. The van der Waals surface area contributed by atoms with E-state index in [2.05, 4.69) is 16.4 Å². The van der Waals surface area contributed by atoms with Gasteiger partial charge in [-0.3, -0.25) is 0 Å². The highest BCUT2D eigenvalue weighted by atomic mass is 35.5. The van der Waals surface area contributed by atoms with Gasteiger partial charge in [0.15, 0.2) is 5.13 Å². The van der Waals surface area contributed by atoms with E-state index in [9.17, 15) is 0 Å². The smallest absolute Gasteiger partial charge is 0.184 e. The normalized spacial score (nSPS) is 16.5. The molecule has 14 heavy (non-hydrogen) atoms. The number of nitrogens with zero attached hydrogens (tertiary/aromatic N) is 1. The Morgan fingerprint density at radius 2 is 2.57 bits per heavy atom. The first kappa shape index (κ1) is 9.96. The molecule has 1 aromatic heterocycles. The van der Waals surface area contributed by atoms with E-state index >= 15 is 0 Å². The van der Waals surface area contributed by atoms with Gasteiger partial charge in [0.2, 0.25) is 0 Å². The number of thiazole rings is 1. The van der Waals surface area contributed by atoms with Crippen LogP contribution in [0, 0.1) is 0 Å². The number of anilines is 1. The molecule has 2 heterocycles. The second-order valence-electron chi connectivity index (χ2n) is 3.02. The van der Waals surface area contributed by atoms with Crippen molar-refractivity contribution >= 4 is 28.1 Å². The van der Waals surface area contributed by atoms with Crippen LogP contribution in [0.15, 0.2) is 17.0 Å². The summed E-state index contributed by atoms with van der Waals surface area (Å²) in [7, 11) is 0. The predicted octanol–water partition coefficient (Wildman–Crippen LogP) is 2.56. The van der Waals surface area contributed by atoms with Crippen LogP contribution in [0.3, 0.4) is 0 Å². The van der Waals surface area contributed by atoms with Crippen LogP contribution in [0.2, 0.25) is 5.15 Å². The number of nitrogens with one attached hydrogen (secondary N) is 1. The van der Waals surface area contributed by atoms with Crippen molar-refractivity contribution in [3.63, 3.8) is 0 Å². The van der Waals surface area contributed by atoms with Crippen LogP contribution in [-0.4, -0.2) is 24.7 Å². The lowest BCUT2D eigenvalue weighted by atomic mass is 10.1. The van der Waals surface area contributed by atoms with Gasteiger partial charge in [0, 0.05) is 11.9 Å². The first-order valence-electron chi connectivity index (χ1n) is 4.45. The molecule has 0 saturated heterocycles. The summed E-state index contributed by atoms with van der Waals surface area (Å²) in [5, 5.41) is 6.49. The van der Waals surface area contributed by atoms with E-state index in [0.717, 1.165) is 31.3 Å². The van der Waals surface area contributed by atoms with Gasteiger partial charge in [0.25, 0.3) is 0 Å². The van der Waals surface area contributed by atoms with Crippen molar-refractivity contribution in [1.82, 2.24) is 4.98 Å². The fourth-order valence-electron chi connectivity index (χ4n) is 1.25. The number of hydrogen-bond acceptors (Lipinski definition) is 4. The van der Waals surface area contributed by atoms with Crippen molar-refractivity contribution in [2.75, 3.05) is 25.1 Å². The average Bonchev–Trinajstić information content (AvgIpc) is 2.63. The van der Waals surface area contributed by atoms with Gasteiger partial charge in [-0.25, -0.2) is 4.98 Å². The Bertz CT molecular complexity index is 337. The van der Waals surface area contributed by atoms with E-state index in [1.807, 2.05) is 5.38 Å². The molecule has 0 unspecified atom stereocenters. The molecule has 0 radical (unpaired) electrons. The molecule has 0 amide bonds. The van der Waals surface area contributed by atoms with Gasteiger partial charge in [-0.1, -0.05) is 23.3 Å². The van der Waals surface area contributed by atoms with Gasteiger partial charge in [0.05, 0.1) is 13.2 Å². The SMILES string of the molecule is Clc1csc(NCC2=CCOCC2)n1. The largest absolute Gasteiger partial charge is 0.377 e. The molecule has 0 saturated carbocycles. The standard InChI is InChI=1S/C9H11ClN2OS/c10-8-6-14-9(12-8)11-5-7-1-3-13-4-2-7/h1,6H,2-5H2,(H,11,12). The first-order chi connectivity index (χ1) is 6.84. The van der Waals surface area contributed by atoms with E-state index in [1.54, 1.807) is 0 Å². The third kappa shape index (κ3) is 2.70. The minimum Gasteiger partial charge on any atom is -0.377 e. The van der Waals surface area contributed by atoms with Crippen molar-refractivity contribution in [2.24, 2.45) is 0 Å². The summed E-state index contributed by atoms with van der Waals surface area (Å²) < 4.78 is 5.22. The molecule has 2 rings (SSSR count). The topological polar surface area (TPSA) is 34.1 Å². The van der Waals surface area contributed by atoms with Crippen molar-refractivity contribution in [1.29, 1.82) is 0 Å². The number of ether oxygens (including phenoxy) is 1. The molecule has 5 heteroatoms. The zero-order chi connectivity index (χ0) is 9.80. The van der Waals surface area contributed by atoms with Crippen LogP contribution in [0.4, 0.5) is 5.13 Å². The maximum Gasteiger partial charge on any atom is 0.184 e. The van der Waals surface area contributed by atoms with Gasteiger partial charge in [0.1, 0.15) is 5.15 Å². The van der Waals surface area contributed by atoms with Crippen molar-refractivity contribution in [3.05, 3.63) is 22.2 Å². The Hall–Kier alpha value is -0.580. The molecular formula is C9H11ClN2OS. The monoisotopic (exact) mass is 230 g/mol. The van der Waals surface area contributed by atoms with Gasteiger partial charge in [-0.15, -0.1) is 11.3 Å². The third-order valence-corrected chi connectivity index (χ3v) is 3.12. The van der Waals surface area contributed by atoms with Crippen LogP contribution < -0.4 is 5.32 Å². The maximum atomic E-state index is 5.71. The molecule has 1 N–H and O–H groups in total. The lowest BCUT2D eigenvalue weighted by Crippen LogP contribution is -2.11. The summed E-state index contributed by atoms with van der Waals surface area (Å²) in [5.74, 6) is 0. The number of aromatic nitrogens is 1. The molecule has 0 fully saturated rings. The van der Waals surface area contributed by atoms with Crippen LogP contribution in [-0.2, 0) is 4.74 Å².